The Balaban J connectivity index is 2.44. The van der Waals surface area contributed by atoms with Crippen molar-refractivity contribution in [2.75, 3.05) is 0 Å². The molecule has 0 fully saturated rings. The minimum atomic E-state index is -0.818. The first kappa shape index (κ1) is 10.2. The van der Waals surface area contributed by atoms with Crippen molar-refractivity contribution in [2.45, 2.75) is 6.92 Å². The molecular weight excluding hydrogens is 204 g/mol. The van der Waals surface area contributed by atoms with E-state index >= 15 is 0 Å². The first-order chi connectivity index (χ1) is 7.72. The van der Waals surface area contributed by atoms with E-state index in [1.165, 1.54) is 6.21 Å². The normalized spacial score (nSPS) is 19.1. The van der Waals surface area contributed by atoms with Crippen LogP contribution in [0.2, 0.25) is 0 Å². The fourth-order valence-electron chi connectivity index (χ4n) is 1.42. The molecule has 1 aromatic rings. The van der Waals surface area contributed by atoms with Crippen LogP contribution in [0.25, 0.3) is 5.57 Å². The van der Waals surface area contributed by atoms with Gasteiger partial charge in [-0.3, -0.25) is 4.79 Å². The summed E-state index contributed by atoms with van der Waals surface area (Å²) in [5, 5.41) is 16.5. The first-order valence-corrected chi connectivity index (χ1v) is 4.70. The number of rotatable bonds is 1. The molecule has 5 heteroatoms. The predicted molar refractivity (Wildman–Crippen MR) is 57.3 cm³/mol. The lowest BCUT2D eigenvalue weighted by molar-refractivity contribution is -0.118. The van der Waals surface area contributed by atoms with Crippen LogP contribution >= 0.6 is 0 Å². The second-order valence-electron chi connectivity index (χ2n) is 3.39. The summed E-state index contributed by atoms with van der Waals surface area (Å²) in [6, 6.07) is 3.70. The molecule has 1 amide bonds. The van der Waals surface area contributed by atoms with Gasteiger partial charge in [-0.15, -0.1) is 0 Å². The number of hydrogen-bond donors (Lipinski definition) is 0. The van der Waals surface area contributed by atoms with Gasteiger partial charge in [0.1, 0.15) is 5.92 Å². The molecule has 0 bridgehead atoms. The van der Waals surface area contributed by atoms with E-state index in [-0.39, 0.29) is 0 Å². The summed E-state index contributed by atoms with van der Waals surface area (Å²) in [5.74, 6) is -1.26. The third-order valence-corrected chi connectivity index (χ3v) is 2.28. The second-order valence-corrected chi connectivity index (χ2v) is 3.39. The molecule has 2 rings (SSSR count). The summed E-state index contributed by atoms with van der Waals surface area (Å²) < 4.78 is 0. The van der Waals surface area contributed by atoms with Crippen molar-refractivity contribution >= 4 is 17.7 Å². The van der Waals surface area contributed by atoms with Crippen LogP contribution in [0.5, 0.6) is 0 Å². The molecule has 1 aromatic heterocycles. The van der Waals surface area contributed by atoms with E-state index in [4.69, 9.17) is 5.26 Å². The Hall–Kier alpha value is -2.35. The number of carbonyl (C=O) groups excluding carboxylic acids is 1. The maximum atomic E-state index is 11.2. The van der Waals surface area contributed by atoms with Crippen molar-refractivity contribution in [1.29, 1.82) is 5.26 Å². The van der Waals surface area contributed by atoms with E-state index in [9.17, 15) is 4.79 Å². The molecule has 1 atom stereocenters. The number of hydrogen-bond acceptors (Lipinski definition) is 4. The van der Waals surface area contributed by atoms with Crippen LogP contribution in [-0.4, -0.2) is 22.3 Å². The highest BCUT2D eigenvalue weighted by Gasteiger charge is 2.20. The summed E-state index contributed by atoms with van der Waals surface area (Å²) in [6.45, 7) is 1.89. The molecule has 1 aliphatic heterocycles. The Labute approximate surface area is 92.1 Å². The minimum absolute atomic E-state index is 0.437. The molecule has 0 radical (unpaired) electrons. The SMILES string of the molecule is Cc1ccnnc1C1=CC(C#N)C(=O)N=C1. The van der Waals surface area contributed by atoms with Crippen molar-refractivity contribution in [2.24, 2.45) is 10.9 Å². The lowest BCUT2D eigenvalue weighted by Crippen LogP contribution is -2.13. The fraction of sp³-hybridized carbons (Fsp3) is 0.182. The topological polar surface area (TPSA) is 79.0 Å². The molecule has 0 N–H and O–H groups in total. The van der Waals surface area contributed by atoms with Gasteiger partial charge in [-0.25, -0.2) is 4.99 Å². The Morgan fingerprint density at radius 3 is 3.00 bits per heavy atom. The summed E-state index contributed by atoms with van der Waals surface area (Å²) >= 11 is 0. The highest BCUT2D eigenvalue weighted by Crippen LogP contribution is 2.19. The predicted octanol–water partition coefficient (Wildman–Crippen LogP) is 0.919. The van der Waals surface area contributed by atoms with Crippen molar-refractivity contribution < 1.29 is 4.79 Å². The zero-order chi connectivity index (χ0) is 11.5. The maximum Gasteiger partial charge on any atom is 0.266 e. The highest BCUT2D eigenvalue weighted by molar-refractivity contribution is 6.16. The van der Waals surface area contributed by atoms with E-state index in [0.717, 1.165) is 5.56 Å². The van der Waals surface area contributed by atoms with Gasteiger partial charge in [0.15, 0.2) is 0 Å². The highest BCUT2D eigenvalue weighted by atomic mass is 16.1. The number of carbonyl (C=O) groups is 1. The molecule has 5 nitrogen and oxygen atoms in total. The summed E-state index contributed by atoms with van der Waals surface area (Å²) in [6.07, 6.45) is 4.58. The molecule has 78 valence electrons. The molecular formula is C11H8N4O. The fourth-order valence-corrected chi connectivity index (χ4v) is 1.42. The van der Waals surface area contributed by atoms with Gasteiger partial charge in [0.25, 0.3) is 5.91 Å². The van der Waals surface area contributed by atoms with Crippen molar-refractivity contribution in [3.8, 4) is 6.07 Å². The zero-order valence-corrected chi connectivity index (χ0v) is 8.58. The van der Waals surface area contributed by atoms with Crippen LogP contribution in [0.15, 0.2) is 23.3 Å². The summed E-state index contributed by atoms with van der Waals surface area (Å²) in [5.41, 5.74) is 2.24. The molecule has 0 aliphatic carbocycles. The number of amides is 1. The molecule has 16 heavy (non-hydrogen) atoms. The van der Waals surface area contributed by atoms with E-state index in [1.54, 1.807) is 12.3 Å². The van der Waals surface area contributed by atoms with Crippen LogP contribution < -0.4 is 0 Å². The average molecular weight is 212 g/mol. The van der Waals surface area contributed by atoms with Gasteiger partial charge >= 0.3 is 0 Å². The second kappa shape index (κ2) is 4.03. The van der Waals surface area contributed by atoms with Gasteiger partial charge in [0.2, 0.25) is 0 Å². The van der Waals surface area contributed by atoms with Gasteiger partial charge in [0, 0.05) is 18.0 Å². The number of aromatic nitrogens is 2. The number of nitrogens with zero attached hydrogens (tertiary/aromatic N) is 4. The van der Waals surface area contributed by atoms with E-state index in [2.05, 4.69) is 15.2 Å². The third-order valence-electron chi connectivity index (χ3n) is 2.28. The minimum Gasteiger partial charge on any atom is -0.271 e. The number of nitriles is 1. The third kappa shape index (κ3) is 1.73. The number of allylic oxidation sites excluding steroid dienone is 1. The average Bonchev–Trinajstić information content (AvgIpc) is 2.31. The largest absolute Gasteiger partial charge is 0.271 e. The van der Waals surface area contributed by atoms with E-state index < -0.39 is 11.8 Å². The smallest absolute Gasteiger partial charge is 0.266 e. The zero-order valence-electron chi connectivity index (χ0n) is 8.58. The molecule has 0 spiro atoms. The lowest BCUT2D eigenvalue weighted by Gasteiger charge is -2.09. The van der Waals surface area contributed by atoms with Crippen molar-refractivity contribution in [1.82, 2.24) is 10.2 Å². The van der Waals surface area contributed by atoms with E-state index in [0.29, 0.717) is 11.3 Å². The number of dihydropyridines is 1. The van der Waals surface area contributed by atoms with Crippen LogP contribution in [0.1, 0.15) is 11.3 Å². The standard InChI is InChI=1S/C11H8N4O/c1-7-2-3-14-15-10(7)9-4-8(5-12)11(16)13-6-9/h2-4,6,8H,1H3. The van der Waals surface area contributed by atoms with Crippen LogP contribution in [0.4, 0.5) is 0 Å². The van der Waals surface area contributed by atoms with Crippen molar-refractivity contribution in [3.05, 3.63) is 29.6 Å². The summed E-state index contributed by atoms with van der Waals surface area (Å²) in [4.78, 5) is 14.8. The van der Waals surface area contributed by atoms with Gasteiger partial charge in [-0.2, -0.15) is 15.5 Å². The Kier molecular flexibility index (Phi) is 2.56. The maximum absolute atomic E-state index is 11.2. The quantitative estimate of drug-likeness (QED) is 0.693. The van der Waals surface area contributed by atoms with Crippen LogP contribution in [0.3, 0.4) is 0 Å². The Morgan fingerprint density at radius 1 is 1.50 bits per heavy atom. The van der Waals surface area contributed by atoms with E-state index in [1.807, 2.05) is 19.1 Å². The lowest BCUT2D eigenvalue weighted by atomic mass is 10.00. The van der Waals surface area contributed by atoms with Gasteiger partial charge < -0.3 is 0 Å². The van der Waals surface area contributed by atoms with Crippen LogP contribution in [-0.2, 0) is 4.79 Å². The first-order valence-electron chi connectivity index (χ1n) is 4.70. The molecule has 0 saturated heterocycles. The molecule has 0 saturated carbocycles. The molecule has 0 aromatic carbocycles. The Bertz CT molecular complexity index is 539. The van der Waals surface area contributed by atoms with Crippen LogP contribution in [0, 0.1) is 24.2 Å². The molecule has 1 unspecified atom stereocenters. The van der Waals surface area contributed by atoms with Gasteiger partial charge in [-0.1, -0.05) is 0 Å². The monoisotopic (exact) mass is 212 g/mol. The number of aliphatic imine (C=N–C) groups is 1. The van der Waals surface area contributed by atoms with Gasteiger partial charge in [-0.05, 0) is 24.6 Å². The van der Waals surface area contributed by atoms with Gasteiger partial charge in [0.05, 0.1) is 11.8 Å². The molecule has 1 aliphatic rings. The van der Waals surface area contributed by atoms with Crippen molar-refractivity contribution in [3.63, 3.8) is 0 Å². The Morgan fingerprint density at radius 2 is 2.31 bits per heavy atom. The number of aryl methyl sites for hydroxylation is 1. The molecule has 2 heterocycles. The summed E-state index contributed by atoms with van der Waals surface area (Å²) in [7, 11) is 0.